The smallest absolute Gasteiger partial charge is 0.348 e. The number of nitriles is 1. The summed E-state index contributed by atoms with van der Waals surface area (Å²) in [7, 11) is 2.62. The molecule has 0 aliphatic rings. The molecule has 0 unspecified atom stereocenters. The Morgan fingerprint density at radius 3 is 2.38 bits per heavy atom. The molecular formula is C25H25NO6. The van der Waals surface area contributed by atoms with Crippen molar-refractivity contribution in [3.05, 3.63) is 65.2 Å². The first-order valence-corrected chi connectivity index (χ1v) is 10.0. The van der Waals surface area contributed by atoms with Crippen molar-refractivity contribution in [1.29, 1.82) is 5.26 Å². The molecule has 2 rings (SSSR count). The van der Waals surface area contributed by atoms with Crippen LogP contribution in [0, 0.1) is 11.3 Å². The number of nitrogens with zero attached hydrogens (tertiary/aromatic N) is 1. The predicted octanol–water partition coefficient (Wildman–Crippen LogP) is 4.57. The normalized spacial score (nSPS) is 11.0. The second kappa shape index (κ2) is 12.6. The number of carbonyl (C=O) groups is 2. The zero-order valence-electron chi connectivity index (χ0n) is 18.3. The highest BCUT2D eigenvalue weighted by atomic mass is 16.6. The van der Waals surface area contributed by atoms with E-state index in [0.29, 0.717) is 12.2 Å². The molecule has 0 atom stereocenters. The van der Waals surface area contributed by atoms with E-state index in [1.165, 1.54) is 32.4 Å². The summed E-state index contributed by atoms with van der Waals surface area (Å²) in [6, 6.07) is 13.8. The molecule has 2 aromatic carbocycles. The van der Waals surface area contributed by atoms with Crippen molar-refractivity contribution >= 4 is 24.1 Å². The summed E-state index contributed by atoms with van der Waals surface area (Å²) >= 11 is 0. The molecule has 32 heavy (non-hydrogen) atoms. The van der Waals surface area contributed by atoms with Crippen LogP contribution in [-0.4, -0.2) is 32.8 Å². The molecule has 0 N–H and O–H groups in total. The Kier molecular flexibility index (Phi) is 9.54. The second-order valence-electron chi connectivity index (χ2n) is 6.60. The minimum absolute atomic E-state index is 0.163. The van der Waals surface area contributed by atoms with Gasteiger partial charge in [0.2, 0.25) is 0 Å². The zero-order chi connectivity index (χ0) is 23.3. The zero-order valence-corrected chi connectivity index (χ0v) is 18.3. The summed E-state index contributed by atoms with van der Waals surface area (Å²) in [6.07, 6.45) is 6.37. The Morgan fingerprint density at radius 2 is 1.75 bits per heavy atom. The minimum atomic E-state index is -0.743. The van der Waals surface area contributed by atoms with Crippen molar-refractivity contribution in [3.8, 4) is 23.3 Å². The lowest BCUT2D eigenvalue weighted by atomic mass is 10.1. The first kappa shape index (κ1) is 24.2. The van der Waals surface area contributed by atoms with Gasteiger partial charge in [-0.2, -0.15) is 5.26 Å². The standard InChI is InChI=1S/C25H25NO6/c1-4-5-14-31-21-10-6-18(7-11-21)9-13-24(27)32-22-12-8-19(16-23(22)29-2)15-20(17-26)25(28)30-3/h6-13,15-16H,4-5,14H2,1-3H3/b13-9+,20-15+. The summed E-state index contributed by atoms with van der Waals surface area (Å²) in [4.78, 5) is 23.8. The van der Waals surface area contributed by atoms with Crippen LogP contribution in [0.1, 0.15) is 30.9 Å². The summed E-state index contributed by atoms with van der Waals surface area (Å²) in [5, 5.41) is 9.07. The number of hydrogen-bond donors (Lipinski definition) is 0. The van der Waals surface area contributed by atoms with Crippen LogP contribution in [0.3, 0.4) is 0 Å². The molecule has 0 saturated heterocycles. The maximum absolute atomic E-state index is 12.2. The van der Waals surface area contributed by atoms with E-state index < -0.39 is 11.9 Å². The summed E-state index contributed by atoms with van der Waals surface area (Å²) in [5.41, 5.74) is 1.17. The molecule has 0 heterocycles. The van der Waals surface area contributed by atoms with E-state index in [0.717, 1.165) is 24.2 Å². The number of carbonyl (C=O) groups excluding carboxylic acids is 2. The van der Waals surface area contributed by atoms with Crippen molar-refractivity contribution < 1.29 is 28.5 Å². The highest BCUT2D eigenvalue weighted by Crippen LogP contribution is 2.29. The molecule has 0 aliphatic heterocycles. The lowest BCUT2D eigenvalue weighted by Gasteiger charge is -2.09. The van der Waals surface area contributed by atoms with Crippen LogP contribution in [0.25, 0.3) is 12.2 Å². The van der Waals surface area contributed by atoms with E-state index in [2.05, 4.69) is 11.7 Å². The highest BCUT2D eigenvalue weighted by molar-refractivity contribution is 5.98. The van der Waals surface area contributed by atoms with Gasteiger partial charge in [0.25, 0.3) is 0 Å². The molecular weight excluding hydrogens is 410 g/mol. The monoisotopic (exact) mass is 435 g/mol. The fourth-order valence-electron chi connectivity index (χ4n) is 2.59. The molecule has 2 aromatic rings. The number of rotatable bonds is 10. The largest absolute Gasteiger partial charge is 0.494 e. The van der Waals surface area contributed by atoms with Gasteiger partial charge in [0.15, 0.2) is 11.5 Å². The molecule has 7 nitrogen and oxygen atoms in total. The van der Waals surface area contributed by atoms with Gasteiger partial charge >= 0.3 is 11.9 Å². The van der Waals surface area contributed by atoms with Crippen LogP contribution in [0.2, 0.25) is 0 Å². The summed E-state index contributed by atoms with van der Waals surface area (Å²) < 4.78 is 20.8. The van der Waals surface area contributed by atoms with Gasteiger partial charge in [-0.15, -0.1) is 0 Å². The van der Waals surface area contributed by atoms with E-state index in [4.69, 9.17) is 19.5 Å². The maximum atomic E-state index is 12.2. The lowest BCUT2D eigenvalue weighted by Crippen LogP contribution is -2.05. The minimum Gasteiger partial charge on any atom is -0.494 e. The number of methoxy groups -OCH3 is 2. The van der Waals surface area contributed by atoms with E-state index >= 15 is 0 Å². The van der Waals surface area contributed by atoms with Crippen molar-refractivity contribution in [2.75, 3.05) is 20.8 Å². The Bertz CT molecular complexity index is 1030. The van der Waals surface area contributed by atoms with Crippen molar-refractivity contribution in [2.45, 2.75) is 19.8 Å². The third-order valence-corrected chi connectivity index (χ3v) is 4.29. The number of benzene rings is 2. The molecule has 0 aliphatic carbocycles. The van der Waals surface area contributed by atoms with Crippen LogP contribution in [-0.2, 0) is 14.3 Å². The van der Waals surface area contributed by atoms with Gasteiger partial charge in [-0.1, -0.05) is 31.5 Å². The first-order chi connectivity index (χ1) is 15.5. The first-order valence-electron chi connectivity index (χ1n) is 10.0. The fraction of sp³-hybridized carbons (Fsp3) is 0.240. The van der Waals surface area contributed by atoms with Crippen LogP contribution in [0.4, 0.5) is 0 Å². The van der Waals surface area contributed by atoms with E-state index in [9.17, 15) is 9.59 Å². The number of unbranched alkanes of at least 4 members (excludes halogenated alkanes) is 1. The second-order valence-corrected chi connectivity index (χ2v) is 6.60. The highest BCUT2D eigenvalue weighted by Gasteiger charge is 2.12. The number of hydrogen-bond acceptors (Lipinski definition) is 7. The third-order valence-electron chi connectivity index (χ3n) is 4.29. The Morgan fingerprint density at radius 1 is 1.03 bits per heavy atom. The van der Waals surface area contributed by atoms with Gasteiger partial charge in [-0.05, 0) is 54.0 Å². The average Bonchev–Trinajstić information content (AvgIpc) is 2.82. The molecule has 0 aromatic heterocycles. The SMILES string of the molecule is CCCCOc1ccc(/C=C/C(=O)Oc2ccc(/C=C(\C#N)C(=O)OC)cc2OC)cc1. The molecule has 0 amide bonds. The fourth-order valence-corrected chi connectivity index (χ4v) is 2.59. The van der Waals surface area contributed by atoms with E-state index in [-0.39, 0.29) is 17.1 Å². The number of ether oxygens (including phenoxy) is 4. The van der Waals surface area contributed by atoms with Gasteiger partial charge in [0.1, 0.15) is 17.4 Å². The molecule has 0 saturated carbocycles. The molecule has 166 valence electrons. The van der Waals surface area contributed by atoms with Crippen LogP contribution in [0.5, 0.6) is 17.2 Å². The van der Waals surface area contributed by atoms with Gasteiger partial charge in [-0.3, -0.25) is 0 Å². The molecule has 0 fully saturated rings. The van der Waals surface area contributed by atoms with Crippen LogP contribution in [0.15, 0.2) is 54.1 Å². The van der Waals surface area contributed by atoms with Crippen LogP contribution >= 0.6 is 0 Å². The molecule has 0 bridgehead atoms. The van der Waals surface area contributed by atoms with Crippen molar-refractivity contribution in [1.82, 2.24) is 0 Å². The predicted molar refractivity (Wildman–Crippen MR) is 120 cm³/mol. The van der Waals surface area contributed by atoms with Gasteiger partial charge in [0, 0.05) is 6.08 Å². The van der Waals surface area contributed by atoms with E-state index in [1.54, 1.807) is 24.3 Å². The Hall–Kier alpha value is -4.05. The van der Waals surface area contributed by atoms with Crippen molar-refractivity contribution in [3.63, 3.8) is 0 Å². The van der Waals surface area contributed by atoms with Gasteiger partial charge in [0.05, 0.1) is 20.8 Å². The van der Waals surface area contributed by atoms with Crippen LogP contribution < -0.4 is 14.2 Å². The number of esters is 2. The quantitative estimate of drug-likeness (QED) is 0.177. The topological polar surface area (TPSA) is 94.9 Å². The Labute approximate surface area is 187 Å². The molecule has 0 radical (unpaired) electrons. The Balaban J connectivity index is 2.05. The summed E-state index contributed by atoms with van der Waals surface area (Å²) in [5.74, 6) is -0.0645. The van der Waals surface area contributed by atoms with Gasteiger partial charge < -0.3 is 18.9 Å². The molecule has 7 heteroatoms. The van der Waals surface area contributed by atoms with Crippen molar-refractivity contribution in [2.24, 2.45) is 0 Å². The molecule has 0 spiro atoms. The van der Waals surface area contributed by atoms with E-state index in [1.807, 2.05) is 24.3 Å². The maximum Gasteiger partial charge on any atom is 0.348 e. The van der Waals surface area contributed by atoms with Gasteiger partial charge in [-0.25, -0.2) is 9.59 Å². The summed E-state index contributed by atoms with van der Waals surface area (Å²) in [6.45, 7) is 2.78. The third kappa shape index (κ3) is 7.33. The average molecular weight is 435 g/mol. The lowest BCUT2D eigenvalue weighted by molar-refractivity contribution is -0.135.